The average molecular weight is 343 g/mol. The monoisotopic (exact) mass is 343 g/mol. The molecule has 0 spiro atoms. The molecule has 0 fully saturated rings. The van der Waals surface area contributed by atoms with Crippen molar-refractivity contribution in [3.63, 3.8) is 0 Å². The van der Waals surface area contributed by atoms with Gasteiger partial charge in [-0.3, -0.25) is 4.79 Å². The lowest BCUT2D eigenvalue weighted by molar-refractivity contribution is -0.143. The van der Waals surface area contributed by atoms with Crippen LogP contribution in [0.1, 0.15) is 25.8 Å². The Labute approximate surface area is 137 Å². The number of fused-ring (bicyclic) bond motifs is 1. The average Bonchev–Trinajstić information content (AvgIpc) is 2.53. The molecule has 6 nitrogen and oxygen atoms in total. The third-order valence-corrected chi connectivity index (χ3v) is 3.85. The number of carbonyl (C=O) groups excluding carboxylic acids is 1. The Morgan fingerprint density at radius 3 is 2.46 bits per heavy atom. The van der Waals surface area contributed by atoms with Crippen LogP contribution in [0.15, 0.2) is 18.2 Å². The van der Waals surface area contributed by atoms with Gasteiger partial charge < -0.3 is 19.9 Å². The van der Waals surface area contributed by atoms with Crippen molar-refractivity contribution >= 4 is 11.9 Å². The summed E-state index contributed by atoms with van der Waals surface area (Å²) in [5.41, 5.74) is -0.573. The zero-order valence-electron chi connectivity index (χ0n) is 13.3. The Kier molecular flexibility index (Phi) is 5.26. The number of aliphatic carboxylic acids is 1. The van der Waals surface area contributed by atoms with Gasteiger partial charge in [0, 0.05) is 6.42 Å². The Hall–Kier alpha value is -2.38. The first-order chi connectivity index (χ1) is 11.2. The molecule has 0 radical (unpaired) electrons. The number of rotatable bonds is 6. The summed E-state index contributed by atoms with van der Waals surface area (Å²) < 4.78 is 35.8. The van der Waals surface area contributed by atoms with Crippen molar-refractivity contribution in [2.24, 2.45) is 0 Å². The standard InChI is InChI=1S/C16H19F2NO5/c1-16(2,15(22)19-10(14(20)21)8-13(17)18)9-3-4-11-12(7-9)24-6-5-23-11/h3-4,7,10,13H,5-6,8H2,1-2H3,(H,19,22)(H,20,21). The number of benzene rings is 1. The van der Waals surface area contributed by atoms with Crippen molar-refractivity contribution in [2.75, 3.05) is 13.2 Å². The van der Waals surface area contributed by atoms with Crippen LogP contribution in [0.2, 0.25) is 0 Å². The molecule has 0 bridgehead atoms. The zero-order valence-corrected chi connectivity index (χ0v) is 13.3. The van der Waals surface area contributed by atoms with Gasteiger partial charge in [-0.2, -0.15) is 0 Å². The van der Waals surface area contributed by atoms with Crippen molar-refractivity contribution in [2.45, 2.75) is 38.2 Å². The highest BCUT2D eigenvalue weighted by Gasteiger charge is 2.34. The molecular formula is C16H19F2NO5. The fourth-order valence-electron chi connectivity index (χ4n) is 2.30. The summed E-state index contributed by atoms with van der Waals surface area (Å²) in [6.45, 7) is 3.98. The second-order valence-electron chi connectivity index (χ2n) is 5.97. The van der Waals surface area contributed by atoms with Gasteiger partial charge in [0.2, 0.25) is 12.3 Å². The second-order valence-corrected chi connectivity index (χ2v) is 5.97. The van der Waals surface area contributed by atoms with E-state index in [-0.39, 0.29) is 0 Å². The lowest BCUT2D eigenvalue weighted by atomic mass is 9.83. The number of alkyl halides is 2. The molecule has 132 valence electrons. The normalized spacial score (nSPS) is 15.0. The van der Waals surface area contributed by atoms with E-state index >= 15 is 0 Å². The molecule has 1 aromatic rings. The highest BCUT2D eigenvalue weighted by molar-refractivity contribution is 5.91. The van der Waals surface area contributed by atoms with E-state index in [2.05, 4.69) is 5.32 Å². The van der Waals surface area contributed by atoms with Crippen LogP contribution in [0, 0.1) is 0 Å². The van der Waals surface area contributed by atoms with Crippen LogP contribution >= 0.6 is 0 Å². The van der Waals surface area contributed by atoms with E-state index in [0.29, 0.717) is 30.3 Å². The lowest BCUT2D eigenvalue weighted by Gasteiger charge is -2.28. The zero-order chi connectivity index (χ0) is 17.9. The summed E-state index contributed by atoms with van der Waals surface area (Å²) >= 11 is 0. The molecular weight excluding hydrogens is 324 g/mol. The highest BCUT2D eigenvalue weighted by Crippen LogP contribution is 2.35. The third-order valence-electron chi connectivity index (χ3n) is 3.85. The van der Waals surface area contributed by atoms with Crippen molar-refractivity contribution in [1.29, 1.82) is 0 Å². The number of ether oxygens (including phenoxy) is 2. The highest BCUT2D eigenvalue weighted by atomic mass is 19.3. The topological polar surface area (TPSA) is 84.9 Å². The molecule has 1 heterocycles. The predicted molar refractivity (Wildman–Crippen MR) is 80.6 cm³/mol. The first-order valence-corrected chi connectivity index (χ1v) is 7.44. The minimum atomic E-state index is -2.83. The van der Waals surface area contributed by atoms with Crippen LogP contribution in [0.3, 0.4) is 0 Å². The van der Waals surface area contributed by atoms with Crippen LogP contribution in [0.4, 0.5) is 8.78 Å². The quantitative estimate of drug-likeness (QED) is 0.825. The number of carboxylic acids is 1. The first kappa shape index (κ1) is 18.0. The van der Waals surface area contributed by atoms with Gasteiger partial charge in [-0.25, -0.2) is 13.6 Å². The lowest BCUT2D eigenvalue weighted by Crippen LogP contribution is -2.49. The summed E-state index contributed by atoms with van der Waals surface area (Å²) in [5.74, 6) is -1.11. The predicted octanol–water partition coefficient (Wildman–Crippen LogP) is 1.96. The molecule has 24 heavy (non-hydrogen) atoms. The maximum atomic E-state index is 12.5. The van der Waals surface area contributed by atoms with Crippen molar-refractivity contribution < 1.29 is 33.0 Å². The van der Waals surface area contributed by atoms with Gasteiger partial charge in [-0.1, -0.05) is 6.07 Å². The number of nitrogens with one attached hydrogen (secondary N) is 1. The number of carbonyl (C=O) groups is 2. The van der Waals surface area contributed by atoms with Crippen LogP contribution < -0.4 is 14.8 Å². The van der Waals surface area contributed by atoms with Crippen LogP contribution in [-0.2, 0) is 15.0 Å². The summed E-state index contributed by atoms with van der Waals surface area (Å²) in [6, 6.07) is 3.31. The smallest absolute Gasteiger partial charge is 0.326 e. The molecule has 1 aliphatic heterocycles. The third kappa shape index (κ3) is 3.93. The van der Waals surface area contributed by atoms with Crippen molar-refractivity contribution in [3.8, 4) is 11.5 Å². The number of hydrogen-bond donors (Lipinski definition) is 2. The van der Waals surface area contributed by atoms with Crippen molar-refractivity contribution in [3.05, 3.63) is 23.8 Å². The van der Waals surface area contributed by atoms with E-state index in [1.807, 2.05) is 0 Å². The number of hydrogen-bond acceptors (Lipinski definition) is 4. The van der Waals surface area contributed by atoms with Gasteiger partial charge in [-0.15, -0.1) is 0 Å². The Morgan fingerprint density at radius 1 is 1.25 bits per heavy atom. The summed E-state index contributed by atoms with van der Waals surface area (Å²) in [6.07, 6.45) is -3.78. The number of carboxylic acid groups (broad SMARTS) is 1. The Bertz CT molecular complexity index is 633. The Balaban J connectivity index is 2.19. The molecule has 0 aromatic heterocycles. The molecule has 1 atom stereocenters. The van der Waals surface area contributed by atoms with Gasteiger partial charge in [-0.05, 0) is 31.5 Å². The number of amides is 1. The molecule has 2 rings (SSSR count). The van der Waals surface area contributed by atoms with Crippen LogP contribution in [0.5, 0.6) is 11.5 Å². The van der Waals surface area contributed by atoms with E-state index < -0.39 is 36.2 Å². The second kappa shape index (κ2) is 7.02. The number of halogens is 2. The summed E-state index contributed by atoms with van der Waals surface area (Å²) in [5, 5.41) is 11.2. The fourth-order valence-corrected chi connectivity index (χ4v) is 2.30. The van der Waals surface area contributed by atoms with Crippen LogP contribution in [-0.4, -0.2) is 42.7 Å². The van der Waals surface area contributed by atoms with E-state index in [1.165, 1.54) is 0 Å². The minimum Gasteiger partial charge on any atom is -0.486 e. The largest absolute Gasteiger partial charge is 0.486 e. The van der Waals surface area contributed by atoms with Crippen LogP contribution in [0.25, 0.3) is 0 Å². The molecule has 2 N–H and O–H groups in total. The van der Waals surface area contributed by atoms with Gasteiger partial charge in [0.1, 0.15) is 19.3 Å². The first-order valence-electron chi connectivity index (χ1n) is 7.44. The minimum absolute atomic E-state index is 0.387. The van der Waals surface area contributed by atoms with E-state index in [1.54, 1.807) is 32.0 Å². The van der Waals surface area contributed by atoms with E-state index in [9.17, 15) is 18.4 Å². The Morgan fingerprint density at radius 2 is 1.88 bits per heavy atom. The summed E-state index contributed by atoms with van der Waals surface area (Å²) in [4.78, 5) is 23.5. The van der Waals surface area contributed by atoms with Gasteiger partial charge >= 0.3 is 5.97 Å². The van der Waals surface area contributed by atoms with Gasteiger partial charge in [0.15, 0.2) is 11.5 Å². The molecule has 0 saturated carbocycles. The van der Waals surface area contributed by atoms with Crippen molar-refractivity contribution in [1.82, 2.24) is 5.32 Å². The SMILES string of the molecule is CC(C)(C(=O)NC(CC(F)F)C(=O)O)c1ccc2c(c1)OCCO2. The van der Waals surface area contributed by atoms with E-state index in [0.717, 1.165) is 0 Å². The summed E-state index contributed by atoms with van der Waals surface area (Å²) in [7, 11) is 0. The maximum absolute atomic E-state index is 12.5. The van der Waals surface area contributed by atoms with Gasteiger partial charge in [0.25, 0.3) is 0 Å². The fraction of sp³-hybridized carbons (Fsp3) is 0.500. The van der Waals surface area contributed by atoms with Gasteiger partial charge in [0.05, 0.1) is 5.41 Å². The van der Waals surface area contributed by atoms with E-state index in [4.69, 9.17) is 14.6 Å². The molecule has 1 aromatic carbocycles. The molecule has 0 aliphatic carbocycles. The molecule has 8 heteroatoms. The molecule has 1 amide bonds. The molecule has 1 aliphatic rings. The maximum Gasteiger partial charge on any atom is 0.326 e. The molecule has 1 unspecified atom stereocenters. The molecule has 0 saturated heterocycles.